The molecule has 8 heteroatoms. The van der Waals surface area contributed by atoms with Crippen molar-refractivity contribution in [3.63, 3.8) is 0 Å². The minimum Gasteiger partial charge on any atom is -0.344 e. The maximum Gasteiger partial charge on any atom is 0.223 e. The van der Waals surface area contributed by atoms with Crippen LogP contribution in [0.2, 0.25) is 0 Å². The number of amides is 1. The summed E-state index contributed by atoms with van der Waals surface area (Å²) in [4.78, 5) is 27.1. The summed E-state index contributed by atoms with van der Waals surface area (Å²) < 4.78 is 13.6. The van der Waals surface area contributed by atoms with E-state index in [0.29, 0.717) is 30.2 Å². The number of pyridine rings is 1. The maximum absolute atomic E-state index is 13.6. The van der Waals surface area contributed by atoms with E-state index in [9.17, 15) is 9.18 Å². The van der Waals surface area contributed by atoms with Gasteiger partial charge in [-0.3, -0.25) is 4.79 Å². The molecule has 1 saturated heterocycles. The summed E-state index contributed by atoms with van der Waals surface area (Å²) in [6.07, 6.45) is 2.20. The number of hydrogen-bond acceptors (Lipinski definition) is 6. The van der Waals surface area contributed by atoms with E-state index in [4.69, 9.17) is 0 Å². The highest BCUT2D eigenvalue weighted by Gasteiger charge is 2.23. The molecule has 1 amide bonds. The number of aromatic nitrogens is 2. The highest BCUT2D eigenvalue weighted by atomic mass is 32.2. The number of piperazine rings is 1. The van der Waals surface area contributed by atoms with Crippen LogP contribution in [0, 0.1) is 5.82 Å². The SMILES string of the molecule is O=C(CCSc1ccccc1F)N1CCN(c2nc3cccnc3s2)CC1. The van der Waals surface area contributed by atoms with E-state index in [1.165, 1.54) is 17.8 Å². The first-order valence-corrected chi connectivity index (χ1v) is 10.6. The van der Waals surface area contributed by atoms with E-state index >= 15 is 0 Å². The number of benzene rings is 1. The number of carbonyl (C=O) groups excluding carboxylic acids is 1. The molecule has 3 heterocycles. The van der Waals surface area contributed by atoms with E-state index in [-0.39, 0.29) is 11.7 Å². The molecule has 0 unspecified atom stereocenters. The summed E-state index contributed by atoms with van der Waals surface area (Å²) in [6.45, 7) is 2.91. The molecule has 140 valence electrons. The van der Waals surface area contributed by atoms with E-state index in [1.54, 1.807) is 29.7 Å². The predicted octanol–water partition coefficient (Wildman–Crippen LogP) is 3.66. The van der Waals surface area contributed by atoms with E-state index in [1.807, 2.05) is 23.1 Å². The predicted molar refractivity (Wildman–Crippen MR) is 108 cm³/mol. The van der Waals surface area contributed by atoms with Crippen molar-refractivity contribution in [3.8, 4) is 0 Å². The van der Waals surface area contributed by atoms with Crippen LogP contribution in [-0.4, -0.2) is 52.7 Å². The van der Waals surface area contributed by atoms with Crippen LogP contribution in [0.25, 0.3) is 10.3 Å². The van der Waals surface area contributed by atoms with Gasteiger partial charge in [0, 0.05) is 49.4 Å². The van der Waals surface area contributed by atoms with Crippen LogP contribution in [0.15, 0.2) is 47.5 Å². The van der Waals surface area contributed by atoms with Crippen LogP contribution < -0.4 is 4.90 Å². The third-order valence-corrected chi connectivity index (χ3v) is 6.56. The summed E-state index contributed by atoms with van der Waals surface area (Å²) in [7, 11) is 0. The lowest BCUT2D eigenvalue weighted by molar-refractivity contribution is -0.131. The first-order chi connectivity index (χ1) is 13.2. The normalized spacial score (nSPS) is 14.7. The van der Waals surface area contributed by atoms with Gasteiger partial charge in [-0.1, -0.05) is 23.5 Å². The van der Waals surface area contributed by atoms with Crippen LogP contribution in [0.5, 0.6) is 0 Å². The minimum atomic E-state index is -0.228. The van der Waals surface area contributed by atoms with Gasteiger partial charge in [0.1, 0.15) is 16.2 Å². The number of thiazole rings is 1. The van der Waals surface area contributed by atoms with Gasteiger partial charge in [0.05, 0.1) is 0 Å². The Morgan fingerprint density at radius 1 is 1.15 bits per heavy atom. The number of nitrogens with zero attached hydrogens (tertiary/aromatic N) is 4. The maximum atomic E-state index is 13.6. The molecule has 5 nitrogen and oxygen atoms in total. The number of rotatable bonds is 5. The zero-order valence-corrected chi connectivity index (χ0v) is 16.3. The molecule has 3 aromatic rings. The van der Waals surface area contributed by atoms with Crippen molar-refractivity contribution < 1.29 is 9.18 Å². The summed E-state index contributed by atoms with van der Waals surface area (Å²) >= 11 is 2.98. The monoisotopic (exact) mass is 402 g/mol. The van der Waals surface area contributed by atoms with Crippen molar-refractivity contribution in [3.05, 3.63) is 48.4 Å². The van der Waals surface area contributed by atoms with Crippen molar-refractivity contribution in [1.29, 1.82) is 0 Å². The summed E-state index contributed by atoms with van der Waals surface area (Å²) in [5, 5.41) is 0.964. The Balaban J connectivity index is 1.27. The third-order valence-electron chi connectivity index (χ3n) is 4.47. The lowest BCUT2D eigenvalue weighted by Crippen LogP contribution is -2.48. The van der Waals surface area contributed by atoms with E-state index in [0.717, 1.165) is 28.6 Å². The van der Waals surface area contributed by atoms with Crippen molar-refractivity contribution in [1.82, 2.24) is 14.9 Å². The summed E-state index contributed by atoms with van der Waals surface area (Å²) in [6, 6.07) is 10.5. The average Bonchev–Trinajstić information content (AvgIpc) is 3.14. The molecule has 1 fully saturated rings. The molecule has 0 N–H and O–H groups in total. The number of halogens is 1. The van der Waals surface area contributed by atoms with Gasteiger partial charge >= 0.3 is 0 Å². The molecule has 0 aliphatic carbocycles. The van der Waals surface area contributed by atoms with Gasteiger partial charge in [-0.15, -0.1) is 11.8 Å². The van der Waals surface area contributed by atoms with Gasteiger partial charge < -0.3 is 9.80 Å². The Kier molecular flexibility index (Phi) is 5.54. The van der Waals surface area contributed by atoms with Gasteiger partial charge in [-0.05, 0) is 24.3 Å². The van der Waals surface area contributed by atoms with Gasteiger partial charge in [0.2, 0.25) is 5.91 Å². The van der Waals surface area contributed by atoms with Crippen LogP contribution in [0.4, 0.5) is 9.52 Å². The lowest BCUT2D eigenvalue weighted by Gasteiger charge is -2.34. The number of anilines is 1. The highest BCUT2D eigenvalue weighted by molar-refractivity contribution is 7.99. The molecule has 1 aromatic carbocycles. The Bertz CT molecular complexity index is 907. The largest absolute Gasteiger partial charge is 0.344 e. The third kappa shape index (κ3) is 4.22. The smallest absolute Gasteiger partial charge is 0.223 e. The standard InChI is InChI=1S/C19H19FN4OS2/c20-14-4-1-2-6-16(14)26-13-7-17(25)23-9-11-24(12-10-23)19-22-15-5-3-8-21-18(15)27-19/h1-6,8H,7,9-13H2. The molecule has 0 spiro atoms. The fourth-order valence-electron chi connectivity index (χ4n) is 3.01. The molecular weight excluding hydrogens is 383 g/mol. The second-order valence-corrected chi connectivity index (χ2v) is 8.31. The molecule has 2 aromatic heterocycles. The molecule has 0 saturated carbocycles. The fourth-order valence-corrected chi connectivity index (χ4v) is 4.85. The van der Waals surface area contributed by atoms with Gasteiger partial charge in [0.25, 0.3) is 0 Å². The molecule has 0 radical (unpaired) electrons. The second-order valence-electron chi connectivity index (χ2n) is 6.22. The van der Waals surface area contributed by atoms with E-state index < -0.39 is 0 Å². The molecule has 1 aliphatic rings. The second kappa shape index (κ2) is 8.22. The van der Waals surface area contributed by atoms with Crippen molar-refractivity contribution in [2.24, 2.45) is 0 Å². The van der Waals surface area contributed by atoms with E-state index in [2.05, 4.69) is 14.9 Å². The zero-order chi connectivity index (χ0) is 18.6. The number of carbonyl (C=O) groups is 1. The molecule has 4 rings (SSSR count). The van der Waals surface area contributed by atoms with Crippen LogP contribution in [0.3, 0.4) is 0 Å². The molecule has 0 atom stereocenters. The number of hydrogen-bond donors (Lipinski definition) is 0. The Hall–Kier alpha value is -2.19. The summed E-state index contributed by atoms with van der Waals surface area (Å²) in [5.74, 6) is 0.488. The topological polar surface area (TPSA) is 49.3 Å². The fraction of sp³-hybridized carbons (Fsp3) is 0.316. The molecule has 27 heavy (non-hydrogen) atoms. The van der Waals surface area contributed by atoms with Gasteiger partial charge in [-0.25, -0.2) is 14.4 Å². The first-order valence-electron chi connectivity index (χ1n) is 8.82. The highest BCUT2D eigenvalue weighted by Crippen LogP contribution is 2.28. The lowest BCUT2D eigenvalue weighted by atomic mass is 10.3. The quantitative estimate of drug-likeness (QED) is 0.610. The zero-order valence-electron chi connectivity index (χ0n) is 14.7. The molecular formula is C19H19FN4OS2. The van der Waals surface area contributed by atoms with Crippen LogP contribution >= 0.6 is 23.1 Å². The van der Waals surface area contributed by atoms with Crippen molar-refractivity contribution in [2.75, 3.05) is 36.8 Å². The Labute approximate surface area is 165 Å². The molecule has 1 aliphatic heterocycles. The first kappa shape index (κ1) is 18.2. The van der Waals surface area contributed by atoms with Crippen molar-refractivity contribution in [2.45, 2.75) is 11.3 Å². The van der Waals surface area contributed by atoms with Crippen LogP contribution in [0.1, 0.15) is 6.42 Å². The Morgan fingerprint density at radius 3 is 2.74 bits per heavy atom. The van der Waals surface area contributed by atoms with Gasteiger partial charge in [-0.2, -0.15) is 0 Å². The van der Waals surface area contributed by atoms with Gasteiger partial charge in [0.15, 0.2) is 5.13 Å². The number of thioether (sulfide) groups is 1. The molecule has 0 bridgehead atoms. The van der Waals surface area contributed by atoms with Crippen molar-refractivity contribution >= 4 is 44.5 Å². The minimum absolute atomic E-state index is 0.129. The summed E-state index contributed by atoms with van der Waals surface area (Å²) in [5.41, 5.74) is 0.918. The van der Waals surface area contributed by atoms with Crippen LogP contribution in [-0.2, 0) is 4.79 Å². The Morgan fingerprint density at radius 2 is 1.96 bits per heavy atom. The number of fused-ring (bicyclic) bond motifs is 1. The average molecular weight is 403 g/mol.